The Hall–Kier alpha value is -2.24. The molecule has 0 unspecified atom stereocenters. The van der Waals surface area contributed by atoms with Crippen molar-refractivity contribution < 1.29 is 9.90 Å². The van der Waals surface area contributed by atoms with E-state index in [0.29, 0.717) is 13.1 Å². The van der Waals surface area contributed by atoms with Gasteiger partial charge in [0.05, 0.1) is 17.4 Å². The Labute approximate surface area is 104 Å². The summed E-state index contributed by atoms with van der Waals surface area (Å²) < 4.78 is 0. The summed E-state index contributed by atoms with van der Waals surface area (Å²) in [5.74, 6) is 0. The highest BCUT2D eigenvalue weighted by Crippen LogP contribution is 2.21. The van der Waals surface area contributed by atoms with Crippen LogP contribution < -0.4 is 4.90 Å². The van der Waals surface area contributed by atoms with Crippen LogP contribution in [0.25, 0.3) is 11.0 Å². The van der Waals surface area contributed by atoms with Crippen LogP contribution in [0.15, 0.2) is 24.5 Å². The van der Waals surface area contributed by atoms with Crippen LogP contribution in [0.1, 0.15) is 0 Å². The average molecular weight is 246 g/mol. The van der Waals surface area contributed by atoms with E-state index in [2.05, 4.69) is 20.9 Å². The van der Waals surface area contributed by atoms with Crippen molar-refractivity contribution >= 4 is 22.8 Å². The maximum atomic E-state index is 10.8. The van der Waals surface area contributed by atoms with E-state index >= 15 is 0 Å². The normalized spacial score (nSPS) is 16.2. The average Bonchev–Trinajstić information content (AvgIpc) is 2.86. The summed E-state index contributed by atoms with van der Waals surface area (Å²) in [5.41, 5.74) is 3.06. The van der Waals surface area contributed by atoms with Gasteiger partial charge in [0.1, 0.15) is 0 Å². The third-order valence-corrected chi connectivity index (χ3v) is 3.32. The van der Waals surface area contributed by atoms with Crippen LogP contribution in [0.3, 0.4) is 0 Å². The smallest absolute Gasteiger partial charge is 0.407 e. The van der Waals surface area contributed by atoms with Crippen LogP contribution in [0.5, 0.6) is 0 Å². The minimum absolute atomic E-state index is 0.552. The summed E-state index contributed by atoms with van der Waals surface area (Å²) in [5, 5.41) is 8.90. The number of rotatable bonds is 1. The molecule has 0 aliphatic carbocycles. The van der Waals surface area contributed by atoms with Gasteiger partial charge in [0.25, 0.3) is 0 Å². The molecule has 0 bridgehead atoms. The lowest BCUT2D eigenvalue weighted by Gasteiger charge is -2.34. The summed E-state index contributed by atoms with van der Waals surface area (Å²) in [6, 6.07) is 6.06. The molecule has 1 fully saturated rings. The van der Waals surface area contributed by atoms with Crippen LogP contribution in [-0.4, -0.2) is 52.2 Å². The van der Waals surface area contributed by atoms with Gasteiger partial charge in [0.15, 0.2) is 0 Å². The molecule has 0 saturated carbocycles. The second-order valence-corrected chi connectivity index (χ2v) is 4.36. The zero-order valence-corrected chi connectivity index (χ0v) is 9.83. The molecule has 0 spiro atoms. The third kappa shape index (κ3) is 1.85. The number of carboxylic acid groups (broad SMARTS) is 1. The first-order chi connectivity index (χ1) is 8.74. The largest absolute Gasteiger partial charge is 0.465 e. The van der Waals surface area contributed by atoms with Crippen molar-refractivity contribution in [2.75, 3.05) is 31.1 Å². The molecular formula is C12H14N4O2. The number of nitrogens with one attached hydrogen (secondary N) is 1. The van der Waals surface area contributed by atoms with E-state index in [1.165, 1.54) is 4.90 Å². The summed E-state index contributed by atoms with van der Waals surface area (Å²) in [7, 11) is 0. The minimum Gasteiger partial charge on any atom is -0.465 e. The molecule has 6 nitrogen and oxygen atoms in total. The molecule has 1 aromatic carbocycles. The number of carbonyl (C=O) groups is 1. The first kappa shape index (κ1) is 10.9. The van der Waals surface area contributed by atoms with Crippen LogP contribution in [0.4, 0.5) is 10.5 Å². The number of amides is 1. The fourth-order valence-corrected chi connectivity index (χ4v) is 2.28. The number of aromatic nitrogens is 2. The number of fused-ring (bicyclic) bond motifs is 1. The van der Waals surface area contributed by atoms with Crippen LogP contribution in [-0.2, 0) is 0 Å². The van der Waals surface area contributed by atoms with E-state index in [1.807, 2.05) is 12.1 Å². The molecule has 94 valence electrons. The monoisotopic (exact) mass is 246 g/mol. The number of imidazole rings is 1. The van der Waals surface area contributed by atoms with Crippen molar-refractivity contribution in [1.29, 1.82) is 0 Å². The van der Waals surface area contributed by atoms with Crippen molar-refractivity contribution in [2.45, 2.75) is 0 Å². The molecule has 1 saturated heterocycles. The van der Waals surface area contributed by atoms with Gasteiger partial charge in [-0.25, -0.2) is 9.78 Å². The molecule has 1 aliphatic heterocycles. The van der Waals surface area contributed by atoms with Crippen LogP contribution in [0.2, 0.25) is 0 Å². The van der Waals surface area contributed by atoms with Gasteiger partial charge in [-0.1, -0.05) is 0 Å². The lowest BCUT2D eigenvalue weighted by molar-refractivity contribution is 0.142. The number of benzene rings is 1. The number of nitrogens with zero attached hydrogens (tertiary/aromatic N) is 3. The minimum atomic E-state index is -0.835. The van der Waals surface area contributed by atoms with Crippen molar-refractivity contribution in [1.82, 2.24) is 14.9 Å². The second kappa shape index (κ2) is 4.21. The molecule has 18 heavy (non-hydrogen) atoms. The molecular weight excluding hydrogens is 232 g/mol. The fraction of sp³-hybridized carbons (Fsp3) is 0.333. The molecule has 3 rings (SSSR count). The SMILES string of the molecule is O=C(O)N1CCN(c2ccc3nc[nH]c3c2)CC1. The first-order valence-corrected chi connectivity index (χ1v) is 5.90. The lowest BCUT2D eigenvalue weighted by Crippen LogP contribution is -2.48. The van der Waals surface area contributed by atoms with E-state index in [-0.39, 0.29) is 0 Å². The van der Waals surface area contributed by atoms with E-state index in [4.69, 9.17) is 5.11 Å². The number of H-pyrrole nitrogens is 1. The Morgan fingerprint density at radius 1 is 1.28 bits per heavy atom. The molecule has 0 radical (unpaired) electrons. The van der Waals surface area contributed by atoms with Gasteiger partial charge in [-0.3, -0.25) is 0 Å². The number of anilines is 1. The Bertz CT molecular complexity index is 572. The number of hydrogen-bond donors (Lipinski definition) is 2. The highest BCUT2D eigenvalue weighted by atomic mass is 16.4. The van der Waals surface area contributed by atoms with Gasteiger partial charge in [-0.05, 0) is 18.2 Å². The molecule has 1 amide bonds. The molecule has 2 N–H and O–H groups in total. The summed E-state index contributed by atoms with van der Waals surface area (Å²) in [6.45, 7) is 2.56. The van der Waals surface area contributed by atoms with Gasteiger partial charge in [0, 0.05) is 31.9 Å². The summed E-state index contributed by atoms with van der Waals surface area (Å²) in [6.07, 6.45) is 0.843. The first-order valence-electron chi connectivity index (χ1n) is 5.90. The van der Waals surface area contributed by atoms with E-state index in [1.54, 1.807) is 6.33 Å². The Morgan fingerprint density at radius 3 is 2.78 bits per heavy atom. The van der Waals surface area contributed by atoms with Crippen molar-refractivity contribution in [3.63, 3.8) is 0 Å². The van der Waals surface area contributed by atoms with E-state index < -0.39 is 6.09 Å². The Morgan fingerprint density at radius 2 is 2.06 bits per heavy atom. The van der Waals surface area contributed by atoms with Crippen LogP contribution >= 0.6 is 0 Å². The highest BCUT2D eigenvalue weighted by molar-refractivity contribution is 5.79. The third-order valence-electron chi connectivity index (χ3n) is 3.32. The highest BCUT2D eigenvalue weighted by Gasteiger charge is 2.20. The Kier molecular flexibility index (Phi) is 2.55. The molecule has 0 atom stereocenters. The predicted molar refractivity (Wildman–Crippen MR) is 67.9 cm³/mol. The molecule has 1 aliphatic rings. The topological polar surface area (TPSA) is 72.5 Å². The quantitative estimate of drug-likeness (QED) is 0.797. The maximum absolute atomic E-state index is 10.8. The number of piperazine rings is 1. The summed E-state index contributed by atoms with van der Waals surface area (Å²) in [4.78, 5) is 21.7. The predicted octanol–water partition coefficient (Wildman–Crippen LogP) is 1.36. The Balaban J connectivity index is 1.77. The molecule has 2 aromatic rings. The fourth-order valence-electron chi connectivity index (χ4n) is 2.28. The van der Waals surface area contributed by atoms with Crippen molar-refractivity contribution in [3.05, 3.63) is 24.5 Å². The van der Waals surface area contributed by atoms with E-state index in [0.717, 1.165) is 29.8 Å². The molecule has 6 heteroatoms. The lowest BCUT2D eigenvalue weighted by atomic mass is 10.2. The van der Waals surface area contributed by atoms with E-state index in [9.17, 15) is 4.79 Å². The zero-order chi connectivity index (χ0) is 12.5. The molecule has 1 aromatic heterocycles. The molecule has 2 heterocycles. The van der Waals surface area contributed by atoms with Crippen molar-refractivity contribution in [2.24, 2.45) is 0 Å². The van der Waals surface area contributed by atoms with Crippen LogP contribution in [0, 0.1) is 0 Å². The standard InChI is InChI=1S/C12H14N4O2/c17-12(18)16-5-3-15(4-6-16)9-1-2-10-11(7-9)14-8-13-10/h1-2,7-8H,3-6H2,(H,13,14)(H,17,18). The van der Waals surface area contributed by atoms with Gasteiger partial charge in [0.2, 0.25) is 0 Å². The number of aromatic amines is 1. The number of hydrogen-bond acceptors (Lipinski definition) is 3. The summed E-state index contributed by atoms with van der Waals surface area (Å²) >= 11 is 0. The maximum Gasteiger partial charge on any atom is 0.407 e. The second-order valence-electron chi connectivity index (χ2n) is 4.36. The van der Waals surface area contributed by atoms with Crippen molar-refractivity contribution in [3.8, 4) is 0 Å². The van der Waals surface area contributed by atoms with Gasteiger partial charge < -0.3 is 19.9 Å². The van der Waals surface area contributed by atoms with Gasteiger partial charge in [-0.15, -0.1) is 0 Å². The van der Waals surface area contributed by atoms with Gasteiger partial charge >= 0.3 is 6.09 Å². The zero-order valence-electron chi connectivity index (χ0n) is 9.83. The van der Waals surface area contributed by atoms with Gasteiger partial charge in [-0.2, -0.15) is 0 Å².